The van der Waals surface area contributed by atoms with Crippen molar-refractivity contribution in [2.75, 3.05) is 6.54 Å². The van der Waals surface area contributed by atoms with Gasteiger partial charge in [0, 0.05) is 17.8 Å². The lowest BCUT2D eigenvalue weighted by molar-refractivity contribution is 0.463. The maximum Gasteiger partial charge on any atom is 0.260 e. The molecule has 116 valence electrons. The fourth-order valence-corrected chi connectivity index (χ4v) is 2.98. The molecule has 0 aliphatic heterocycles. The zero-order valence-corrected chi connectivity index (χ0v) is 13.0. The van der Waals surface area contributed by atoms with E-state index in [-0.39, 0.29) is 11.6 Å². The second-order valence-corrected chi connectivity index (χ2v) is 6.28. The van der Waals surface area contributed by atoms with Crippen molar-refractivity contribution >= 4 is 10.0 Å². The third-order valence-corrected chi connectivity index (χ3v) is 4.30. The molecule has 0 amide bonds. The molecule has 0 spiro atoms. The number of oxazole rings is 1. The quantitative estimate of drug-likeness (QED) is 0.690. The zero-order valence-electron chi connectivity index (χ0n) is 12.2. The fraction of sp³-hybridized carbons (Fsp3) is 0.500. The Morgan fingerprint density at radius 3 is 2.71 bits per heavy atom. The number of nitrogens with zero attached hydrogens (tertiary/aromatic N) is 2. The van der Waals surface area contributed by atoms with Gasteiger partial charge in [-0.2, -0.15) is 5.10 Å². The van der Waals surface area contributed by atoms with Gasteiger partial charge in [0.1, 0.15) is 5.76 Å². The number of rotatable bonds is 7. The monoisotopic (exact) mass is 313 g/mol. The van der Waals surface area contributed by atoms with Crippen molar-refractivity contribution in [3.8, 4) is 0 Å². The van der Waals surface area contributed by atoms with Crippen LogP contribution in [0.3, 0.4) is 0 Å². The van der Waals surface area contributed by atoms with Crippen molar-refractivity contribution in [3.05, 3.63) is 29.1 Å². The number of hydrogen-bond acceptors (Lipinski definition) is 6. The Labute approximate surface area is 123 Å². The number of aromatic nitrogens is 3. The van der Waals surface area contributed by atoms with Crippen LogP contribution in [0.2, 0.25) is 0 Å². The third kappa shape index (κ3) is 3.69. The van der Waals surface area contributed by atoms with Crippen LogP contribution in [0.25, 0.3) is 0 Å². The van der Waals surface area contributed by atoms with Gasteiger partial charge >= 0.3 is 0 Å². The number of sulfonamides is 1. The van der Waals surface area contributed by atoms with Gasteiger partial charge in [-0.1, -0.05) is 6.92 Å². The van der Waals surface area contributed by atoms with Gasteiger partial charge < -0.3 is 9.73 Å². The summed E-state index contributed by atoms with van der Waals surface area (Å²) < 4.78 is 32.3. The highest BCUT2D eigenvalue weighted by Gasteiger charge is 2.23. The van der Waals surface area contributed by atoms with E-state index in [4.69, 9.17) is 4.42 Å². The molecular formula is C12H19N5O3S. The first-order chi connectivity index (χ1) is 9.94. The zero-order chi connectivity index (χ0) is 15.5. The van der Waals surface area contributed by atoms with Crippen molar-refractivity contribution in [2.45, 2.75) is 38.9 Å². The average molecular weight is 313 g/mol. The van der Waals surface area contributed by atoms with E-state index in [0.29, 0.717) is 23.8 Å². The molecule has 9 heteroatoms. The Morgan fingerprint density at radius 2 is 2.10 bits per heavy atom. The van der Waals surface area contributed by atoms with E-state index in [9.17, 15) is 8.42 Å². The molecule has 0 aromatic carbocycles. The maximum absolute atomic E-state index is 12.3. The molecule has 0 bridgehead atoms. The molecule has 8 nitrogen and oxygen atoms in total. The van der Waals surface area contributed by atoms with Crippen molar-refractivity contribution < 1.29 is 12.8 Å². The van der Waals surface area contributed by atoms with Crippen LogP contribution in [0.5, 0.6) is 0 Å². The lowest BCUT2D eigenvalue weighted by Gasteiger charge is -2.06. The lowest BCUT2D eigenvalue weighted by atomic mass is 10.2. The second-order valence-electron chi connectivity index (χ2n) is 4.60. The van der Waals surface area contributed by atoms with Gasteiger partial charge in [0.15, 0.2) is 5.03 Å². The van der Waals surface area contributed by atoms with Crippen LogP contribution < -0.4 is 10.0 Å². The summed E-state index contributed by atoms with van der Waals surface area (Å²) >= 11 is 0. The standard InChI is InChI=1S/C12H19N5O3S/c1-4-13-6-10-9(3)16-17-12(10)21(18,19)15-7-11-14-5-8(2)20-11/h5,13,15H,4,6-7H2,1-3H3,(H,16,17). The highest BCUT2D eigenvalue weighted by molar-refractivity contribution is 7.89. The summed E-state index contributed by atoms with van der Waals surface area (Å²) in [7, 11) is -3.72. The normalized spacial score (nSPS) is 12.0. The van der Waals surface area contributed by atoms with Crippen LogP contribution in [0, 0.1) is 13.8 Å². The van der Waals surface area contributed by atoms with Gasteiger partial charge in [0.2, 0.25) is 5.89 Å². The summed E-state index contributed by atoms with van der Waals surface area (Å²) in [5.74, 6) is 0.948. The minimum atomic E-state index is -3.72. The van der Waals surface area contributed by atoms with Gasteiger partial charge in [-0.3, -0.25) is 5.10 Å². The molecule has 0 radical (unpaired) electrons. The lowest BCUT2D eigenvalue weighted by Crippen LogP contribution is -2.26. The van der Waals surface area contributed by atoms with Crippen LogP contribution in [0.1, 0.15) is 29.8 Å². The smallest absolute Gasteiger partial charge is 0.260 e. The Balaban J connectivity index is 2.15. The topological polar surface area (TPSA) is 113 Å². The maximum atomic E-state index is 12.3. The number of hydrogen-bond donors (Lipinski definition) is 3. The molecule has 21 heavy (non-hydrogen) atoms. The van der Waals surface area contributed by atoms with E-state index in [1.807, 2.05) is 6.92 Å². The Morgan fingerprint density at radius 1 is 1.33 bits per heavy atom. The number of aromatic amines is 1. The molecule has 2 aromatic rings. The Hall–Kier alpha value is -1.71. The van der Waals surface area contributed by atoms with Crippen LogP contribution in [0.4, 0.5) is 0 Å². The molecule has 2 rings (SSSR count). The SMILES string of the molecule is CCNCc1c(S(=O)(=O)NCc2ncc(C)o2)n[nH]c1C. The van der Waals surface area contributed by atoms with Crippen molar-refractivity contribution in [3.63, 3.8) is 0 Å². The van der Waals surface area contributed by atoms with Crippen LogP contribution in [0.15, 0.2) is 15.6 Å². The van der Waals surface area contributed by atoms with Gasteiger partial charge in [-0.15, -0.1) is 0 Å². The van der Waals surface area contributed by atoms with Crippen molar-refractivity contribution in [1.29, 1.82) is 0 Å². The molecule has 0 saturated heterocycles. The molecule has 2 heterocycles. The molecule has 2 aromatic heterocycles. The van der Waals surface area contributed by atoms with Gasteiger partial charge in [-0.25, -0.2) is 18.1 Å². The summed E-state index contributed by atoms with van der Waals surface area (Å²) in [6.45, 7) is 6.66. The van der Waals surface area contributed by atoms with Gasteiger partial charge in [-0.05, 0) is 20.4 Å². The van der Waals surface area contributed by atoms with E-state index in [1.54, 1.807) is 20.0 Å². The predicted molar refractivity (Wildman–Crippen MR) is 76.0 cm³/mol. The highest BCUT2D eigenvalue weighted by atomic mass is 32.2. The highest BCUT2D eigenvalue weighted by Crippen LogP contribution is 2.16. The minimum absolute atomic E-state index is 0.00391. The van der Waals surface area contributed by atoms with E-state index in [0.717, 1.165) is 12.2 Å². The first-order valence-corrected chi connectivity index (χ1v) is 8.08. The second kappa shape index (κ2) is 6.37. The van der Waals surface area contributed by atoms with Crippen molar-refractivity contribution in [2.24, 2.45) is 0 Å². The third-order valence-electron chi connectivity index (χ3n) is 2.92. The van der Waals surface area contributed by atoms with E-state index < -0.39 is 10.0 Å². The Bertz CT molecular complexity index is 704. The molecule has 0 unspecified atom stereocenters. The Kier molecular flexibility index (Phi) is 4.76. The average Bonchev–Trinajstić information content (AvgIpc) is 3.01. The summed E-state index contributed by atoms with van der Waals surface area (Å²) in [4.78, 5) is 3.96. The number of nitrogens with one attached hydrogen (secondary N) is 3. The number of aryl methyl sites for hydroxylation is 2. The molecule has 0 fully saturated rings. The van der Waals surface area contributed by atoms with E-state index in [2.05, 4.69) is 25.2 Å². The van der Waals surface area contributed by atoms with Gasteiger partial charge in [0.05, 0.1) is 12.7 Å². The molecular weight excluding hydrogens is 294 g/mol. The van der Waals surface area contributed by atoms with Crippen LogP contribution in [-0.4, -0.2) is 30.1 Å². The summed E-state index contributed by atoms with van der Waals surface area (Å²) in [5, 5.41) is 9.70. The molecule has 3 N–H and O–H groups in total. The fourth-order valence-electron chi connectivity index (χ4n) is 1.82. The predicted octanol–water partition coefficient (Wildman–Crippen LogP) is 0.603. The van der Waals surface area contributed by atoms with Crippen molar-refractivity contribution in [1.82, 2.24) is 25.2 Å². The summed E-state index contributed by atoms with van der Waals surface area (Å²) in [6, 6.07) is 0. The first-order valence-electron chi connectivity index (χ1n) is 6.59. The number of H-pyrrole nitrogens is 1. The molecule has 0 saturated carbocycles. The molecule has 0 atom stereocenters. The van der Waals surface area contributed by atoms with E-state index in [1.165, 1.54) is 0 Å². The van der Waals surface area contributed by atoms with Crippen LogP contribution >= 0.6 is 0 Å². The largest absolute Gasteiger partial charge is 0.445 e. The summed E-state index contributed by atoms with van der Waals surface area (Å²) in [6.07, 6.45) is 1.54. The summed E-state index contributed by atoms with van der Waals surface area (Å²) in [5.41, 5.74) is 1.36. The van der Waals surface area contributed by atoms with E-state index >= 15 is 0 Å². The first kappa shape index (κ1) is 15.7. The molecule has 0 aliphatic rings. The molecule has 0 aliphatic carbocycles. The van der Waals surface area contributed by atoms with Crippen LogP contribution in [-0.2, 0) is 23.1 Å². The minimum Gasteiger partial charge on any atom is -0.445 e. The van der Waals surface area contributed by atoms with Gasteiger partial charge in [0.25, 0.3) is 10.0 Å².